The van der Waals surface area contributed by atoms with Gasteiger partial charge in [0, 0.05) is 19.8 Å². The summed E-state index contributed by atoms with van der Waals surface area (Å²) in [5, 5.41) is 3.02. The van der Waals surface area contributed by atoms with Crippen LogP contribution in [0.4, 0.5) is 0 Å². The Hall–Kier alpha value is -0.610. The summed E-state index contributed by atoms with van der Waals surface area (Å²) in [6.07, 6.45) is 6.40. The predicted molar refractivity (Wildman–Crippen MR) is 61.9 cm³/mol. The molecule has 2 aliphatic rings. The Morgan fingerprint density at radius 1 is 1.31 bits per heavy atom. The van der Waals surface area contributed by atoms with E-state index in [1.807, 2.05) is 0 Å². The Kier molecular flexibility index (Phi) is 3.82. The molecular weight excluding hydrogens is 204 g/mol. The number of carbonyl (C=O) groups is 1. The summed E-state index contributed by atoms with van der Waals surface area (Å²) < 4.78 is 5.23. The Morgan fingerprint density at radius 2 is 1.94 bits per heavy atom. The van der Waals surface area contributed by atoms with Crippen LogP contribution in [0.15, 0.2) is 0 Å². The van der Waals surface area contributed by atoms with E-state index in [1.165, 1.54) is 25.7 Å². The third kappa shape index (κ3) is 2.74. The number of amides is 1. The summed E-state index contributed by atoms with van der Waals surface area (Å²) in [7, 11) is 0. The molecule has 1 aliphatic carbocycles. The minimum Gasteiger partial charge on any atom is -0.381 e. The highest BCUT2D eigenvalue weighted by molar-refractivity contribution is 5.86. The second kappa shape index (κ2) is 5.15. The molecule has 0 atom stereocenters. The van der Waals surface area contributed by atoms with E-state index in [9.17, 15) is 4.79 Å². The van der Waals surface area contributed by atoms with Crippen LogP contribution in [0, 0.1) is 5.92 Å². The molecule has 1 saturated carbocycles. The maximum atomic E-state index is 12.0. The molecule has 0 bridgehead atoms. The highest BCUT2D eigenvalue weighted by Crippen LogP contribution is 2.24. The molecule has 0 aromatic rings. The van der Waals surface area contributed by atoms with E-state index in [-0.39, 0.29) is 5.91 Å². The van der Waals surface area contributed by atoms with Crippen molar-refractivity contribution in [3.8, 4) is 0 Å². The van der Waals surface area contributed by atoms with Crippen molar-refractivity contribution in [2.75, 3.05) is 19.8 Å². The Balaban J connectivity index is 1.77. The maximum Gasteiger partial charge on any atom is 0.240 e. The van der Waals surface area contributed by atoms with Crippen molar-refractivity contribution in [2.45, 2.75) is 44.1 Å². The number of ether oxygens (including phenoxy) is 1. The molecule has 4 heteroatoms. The molecule has 1 heterocycles. The summed E-state index contributed by atoms with van der Waals surface area (Å²) in [5.41, 5.74) is 5.41. The lowest BCUT2D eigenvalue weighted by molar-refractivity contribution is -0.129. The fourth-order valence-electron chi connectivity index (χ4n) is 2.59. The summed E-state index contributed by atoms with van der Waals surface area (Å²) >= 11 is 0. The van der Waals surface area contributed by atoms with Crippen molar-refractivity contribution in [3.05, 3.63) is 0 Å². The fourth-order valence-corrected chi connectivity index (χ4v) is 2.59. The molecule has 0 aromatic heterocycles. The van der Waals surface area contributed by atoms with Gasteiger partial charge in [-0.15, -0.1) is 0 Å². The first-order valence-electron chi connectivity index (χ1n) is 6.36. The SMILES string of the molecule is NC1(C(=O)NCC2CCCC2)CCOCC1. The van der Waals surface area contributed by atoms with Crippen LogP contribution in [0.1, 0.15) is 38.5 Å². The molecule has 1 amide bonds. The number of rotatable bonds is 3. The van der Waals surface area contributed by atoms with E-state index >= 15 is 0 Å². The molecular formula is C12H22N2O2. The van der Waals surface area contributed by atoms with Crippen LogP contribution in [0.2, 0.25) is 0 Å². The van der Waals surface area contributed by atoms with Crippen molar-refractivity contribution in [3.63, 3.8) is 0 Å². The molecule has 0 spiro atoms. The van der Waals surface area contributed by atoms with Gasteiger partial charge in [0.15, 0.2) is 0 Å². The van der Waals surface area contributed by atoms with Gasteiger partial charge in [0.1, 0.15) is 0 Å². The smallest absolute Gasteiger partial charge is 0.240 e. The van der Waals surface area contributed by atoms with Crippen LogP contribution in [-0.4, -0.2) is 31.2 Å². The normalized spacial score (nSPS) is 25.6. The number of carbonyl (C=O) groups excluding carboxylic acids is 1. The van der Waals surface area contributed by atoms with Crippen LogP contribution in [-0.2, 0) is 9.53 Å². The highest BCUT2D eigenvalue weighted by Gasteiger charge is 2.35. The van der Waals surface area contributed by atoms with Gasteiger partial charge in [-0.25, -0.2) is 0 Å². The average Bonchev–Trinajstić information content (AvgIpc) is 2.79. The van der Waals surface area contributed by atoms with E-state index in [2.05, 4.69) is 5.32 Å². The van der Waals surface area contributed by atoms with Crippen molar-refractivity contribution in [2.24, 2.45) is 11.7 Å². The molecule has 92 valence electrons. The van der Waals surface area contributed by atoms with Crippen LogP contribution in [0.5, 0.6) is 0 Å². The quantitative estimate of drug-likeness (QED) is 0.748. The monoisotopic (exact) mass is 226 g/mol. The average molecular weight is 226 g/mol. The van der Waals surface area contributed by atoms with Gasteiger partial charge in [-0.2, -0.15) is 0 Å². The minimum atomic E-state index is -0.684. The largest absolute Gasteiger partial charge is 0.381 e. The highest BCUT2D eigenvalue weighted by atomic mass is 16.5. The first-order chi connectivity index (χ1) is 7.71. The van der Waals surface area contributed by atoms with Gasteiger partial charge in [0.05, 0.1) is 5.54 Å². The summed E-state index contributed by atoms with van der Waals surface area (Å²) in [5.74, 6) is 0.690. The van der Waals surface area contributed by atoms with Gasteiger partial charge in [-0.05, 0) is 31.6 Å². The lowest BCUT2D eigenvalue weighted by Crippen LogP contribution is -2.57. The molecule has 0 radical (unpaired) electrons. The molecule has 3 N–H and O–H groups in total. The van der Waals surface area contributed by atoms with Gasteiger partial charge < -0.3 is 15.8 Å². The van der Waals surface area contributed by atoms with Crippen molar-refractivity contribution < 1.29 is 9.53 Å². The first kappa shape index (κ1) is 11.9. The van der Waals surface area contributed by atoms with E-state index in [4.69, 9.17) is 10.5 Å². The van der Waals surface area contributed by atoms with Crippen LogP contribution >= 0.6 is 0 Å². The standard InChI is InChI=1S/C12H22N2O2/c13-12(5-7-16-8-6-12)11(15)14-9-10-3-1-2-4-10/h10H,1-9,13H2,(H,14,15). The fraction of sp³-hybridized carbons (Fsp3) is 0.917. The van der Waals surface area contributed by atoms with Gasteiger partial charge in [-0.1, -0.05) is 12.8 Å². The van der Waals surface area contributed by atoms with E-state index < -0.39 is 5.54 Å². The Bertz CT molecular complexity index is 243. The lowest BCUT2D eigenvalue weighted by Gasteiger charge is -2.32. The molecule has 4 nitrogen and oxygen atoms in total. The summed E-state index contributed by atoms with van der Waals surface area (Å²) in [4.78, 5) is 12.0. The number of nitrogens with one attached hydrogen (secondary N) is 1. The van der Waals surface area contributed by atoms with Crippen molar-refractivity contribution in [1.29, 1.82) is 0 Å². The molecule has 0 aromatic carbocycles. The van der Waals surface area contributed by atoms with Crippen molar-refractivity contribution >= 4 is 5.91 Å². The van der Waals surface area contributed by atoms with Gasteiger partial charge in [-0.3, -0.25) is 4.79 Å². The number of nitrogens with two attached hydrogens (primary N) is 1. The second-order valence-electron chi connectivity index (χ2n) is 5.13. The van der Waals surface area contributed by atoms with E-state index in [0.29, 0.717) is 32.0 Å². The van der Waals surface area contributed by atoms with Crippen LogP contribution in [0.25, 0.3) is 0 Å². The predicted octanol–water partition coefficient (Wildman–Crippen LogP) is 0.801. The Morgan fingerprint density at radius 3 is 2.56 bits per heavy atom. The van der Waals surface area contributed by atoms with Gasteiger partial charge in [0.2, 0.25) is 5.91 Å². The number of hydrogen-bond acceptors (Lipinski definition) is 3. The second-order valence-corrected chi connectivity index (χ2v) is 5.13. The third-order valence-electron chi connectivity index (χ3n) is 3.86. The molecule has 1 saturated heterocycles. The van der Waals surface area contributed by atoms with Crippen LogP contribution < -0.4 is 11.1 Å². The third-order valence-corrected chi connectivity index (χ3v) is 3.86. The first-order valence-corrected chi connectivity index (χ1v) is 6.36. The lowest BCUT2D eigenvalue weighted by atomic mass is 9.90. The van der Waals surface area contributed by atoms with Gasteiger partial charge in [0.25, 0.3) is 0 Å². The van der Waals surface area contributed by atoms with E-state index in [0.717, 1.165) is 6.54 Å². The molecule has 2 fully saturated rings. The zero-order valence-electron chi connectivity index (χ0n) is 9.84. The zero-order chi connectivity index (χ0) is 11.4. The maximum absolute atomic E-state index is 12.0. The molecule has 2 rings (SSSR count). The van der Waals surface area contributed by atoms with Gasteiger partial charge >= 0.3 is 0 Å². The van der Waals surface area contributed by atoms with E-state index in [1.54, 1.807) is 0 Å². The molecule has 16 heavy (non-hydrogen) atoms. The molecule has 0 unspecified atom stereocenters. The summed E-state index contributed by atoms with van der Waals surface area (Å²) in [6.45, 7) is 2.01. The van der Waals surface area contributed by atoms with Crippen LogP contribution in [0.3, 0.4) is 0 Å². The molecule has 1 aliphatic heterocycles. The summed E-state index contributed by atoms with van der Waals surface area (Å²) in [6, 6.07) is 0. The zero-order valence-corrected chi connectivity index (χ0v) is 9.84. The number of hydrogen-bond donors (Lipinski definition) is 2. The van der Waals surface area contributed by atoms with Crippen molar-refractivity contribution in [1.82, 2.24) is 5.32 Å². The Labute approximate surface area is 96.9 Å². The minimum absolute atomic E-state index is 0.0164. The topological polar surface area (TPSA) is 64.4 Å².